The lowest BCUT2D eigenvalue weighted by Gasteiger charge is -2.33. The van der Waals surface area contributed by atoms with Gasteiger partial charge in [0.2, 0.25) is 0 Å². The predicted octanol–water partition coefficient (Wildman–Crippen LogP) is 3.23. The maximum atomic E-state index is 5.54. The number of ether oxygens (including phenoxy) is 1. The van der Waals surface area contributed by atoms with Crippen LogP contribution in [0.3, 0.4) is 0 Å². The van der Waals surface area contributed by atoms with E-state index in [4.69, 9.17) is 4.74 Å². The summed E-state index contributed by atoms with van der Waals surface area (Å²) in [7, 11) is 1.78. The van der Waals surface area contributed by atoms with E-state index >= 15 is 0 Å². The van der Waals surface area contributed by atoms with Crippen molar-refractivity contribution in [2.24, 2.45) is 0 Å². The molecule has 3 heteroatoms. The van der Waals surface area contributed by atoms with E-state index < -0.39 is 0 Å². The summed E-state index contributed by atoms with van der Waals surface area (Å²) < 4.78 is 5.54. The maximum Gasteiger partial charge on any atom is 0.0746 e. The maximum absolute atomic E-state index is 5.54. The van der Waals surface area contributed by atoms with E-state index in [1.54, 1.807) is 7.11 Å². The van der Waals surface area contributed by atoms with Gasteiger partial charge in [0.25, 0.3) is 0 Å². The Hall–Kier alpha value is -0.900. The molecule has 1 heterocycles. The van der Waals surface area contributed by atoms with E-state index in [1.165, 1.54) is 37.9 Å². The molecule has 1 aliphatic heterocycles. The molecule has 1 aromatic carbocycles. The van der Waals surface area contributed by atoms with E-state index in [0.29, 0.717) is 6.04 Å². The zero-order valence-electron chi connectivity index (χ0n) is 13.8. The minimum Gasteiger partial charge on any atom is -0.377 e. The first-order valence-corrected chi connectivity index (χ1v) is 8.16. The number of methoxy groups -OCH3 is 1. The minimum atomic E-state index is -0.130. The van der Waals surface area contributed by atoms with Gasteiger partial charge in [-0.1, -0.05) is 36.8 Å². The Kier molecular flexibility index (Phi) is 6.22. The Morgan fingerprint density at radius 1 is 1.14 bits per heavy atom. The molecule has 0 aromatic heterocycles. The van der Waals surface area contributed by atoms with E-state index in [0.717, 1.165) is 13.1 Å². The highest BCUT2D eigenvalue weighted by molar-refractivity contribution is 5.19. The van der Waals surface area contributed by atoms with Crippen LogP contribution in [-0.4, -0.2) is 43.8 Å². The Bertz CT molecular complexity index is 399. The van der Waals surface area contributed by atoms with Crippen molar-refractivity contribution < 1.29 is 4.74 Å². The standard InChI is InChI=1S/C18H30N2O/c1-18(2,21-3)15-19-17(16-10-6-4-7-11-16)14-20-12-8-5-9-13-20/h4,6-7,10-11,17,19H,5,8-9,12-15H2,1-3H3/t17-/m0/s1. The monoisotopic (exact) mass is 290 g/mol. The Labute approximate surface area is 129 Å². The first-order valence-electron chi connectivity index (χ1n) is 8.16. The molecule has 0 radical (unpaired) electrons. The van der Waals surface area contributed by atoms with Gasteiger partial charge in [0, 0.05) is 26.2 Å². The lowest BCUT2D eigenvalue weighted by molar-refractivity contribution is 0.0197. The van der Waals surface area contributed by atoms with Crippen molar-refractivity contribution in [3.05, 3.63) is 35.9 Å². The summed E-state index contributed by atoms with van der Waals surface area (Å²) in [6, 6.07) is 11.2. The van der Waals surface area contributed by atoms with Crippen molar-refractivity contribution in [2.75, 3.05) is 33.3 Å². The van der Waals surface area contributed by atoms with Crippen molar-refractivity contribution in [3.8, 4) is 0 Å². The van der Waals surface area contributed by atoms with Gasteiger partial charge in [-0.25, -0.2) is 0 Å². The SMILES string of the molecule is COC(C)(C)CN[C@@H](CN1CCCCC1)c1ccccc1. The Balaban J connectivity index is 1.99. The molecule has 0 bridgehead atoms. The molecule has 0 aliphatic carbocycles. The van der Waals surface area contributed by atoms with Crippen molar-refractivity contribution in [1.29, 1.82) is 0 Å². The summed E-state index contributed by atoms with van der Waals surface area (Å²) in [6.07, 6.45) is 4.06. The quantitative estimate of drug-likeness (QED) is 0.834. The van der Waals surface area contributed by atoms with Crippen LogP contribution in [0.25, 0.3) is 0 Å². The molecule has 2 rings (SSSR count). The molecule has 1 N–H and O–H groups in total. The number of nitrogens with zero attached hydrogens (tertiary/aromatic N) is 1. The van der Waals surface area contributed by atoms with Crippen molar-refractivity contribution in [1.82, 2.24) is 10.2 Å². The molecule has 21 heavy (non-hydrogen) atoms. The molecule has 0 spiro atoms. The zero-order chi connectivity index (χ0) is 15.1. The molecule has 1 fully saturated rings. The third-order valence-electron chi connectivity index (χ3n) is 4.42. The number of piperidine rings is 1. The first kappa shape index (κ1) is 16.5. The van der Waals surface area contributed by atoms with Crippen molar-refractivity contribution in [2.45, 2.75) is 44.8 Å². The number of hydrogen-bond donors (Lipinski definition) is 1. The second-order valence-electron chi connectivity index (χ2n) is 6.67. The topological polar surface area (TPSA) is 24.5 Å². The van der Waals surface area contributed by atoms with Gasteiger partial charge < -0.3 is 15.0 Å². The summed E-state index contributed by atoms with van der Waals surface area (Å²) in [6.45, 7) is 8.67. The van der Waals surface area contributed by atoms with Gasteiger partial charge in [-0.05, 0) is 45.3 Å². The number of rotatable bonds is 7. The van der Waals surface area contributed by atoms with Gasteiger partial charge in [-0.2, -0.15) is 0 Å². The van der Waals surface area contributed by atoms with Gasteiger partial charge in [-0.15, -0.1) is 0 Å². The van der Waals surface area contributed by atoms with Gasteiger partial charge in [0.15, 0.2) is 0 Å². The van der Waals surface area contributed by atoms with Crippen LogP contribution in [0.5, 0.6) is 0 Å². The second kappa shape index (κ2) is 7.92. The minimum absolute atomic E-state index is 0.130. The third kappa shape index (κ3) is 5.42. The second-order valence-corrected chi connectivity index (χ2v) is 6.67. The molecule has 118 valence electrons. The van der Waals surface area contributed by atoms with Crippen molar-refractivity contribution >= 4 is 0 Å². The Morgan fingerprint density at radius 3 is 2.43 bits per heavy atom. The third-order valence-corrected chi connectivity index (χ3v) is 4.42. The van der Waals surface area contributed by atoms with Crippen LogP contribution in [0.15, 0.2) is 30.3 Å². The summed E-state index contributed by atoms with van der Waals surface area (Å²) in [5.41, 5.74) is 1.24. The van der Waals surface area contributed by atoms with Crippen LogP contribution < -0.4 is 5.32 Å². The number of nitrogens with one attached hydrogen (secondary N) is 1. The van der Waals surface area contributed by atoms with Crippen LogP contribution >= 0.6 is 0 Å². The van der Waals surface area contributed by atoms with Gasteiger partial charge in [0.05, 0.1) is 5.60 Å². The molecule has 0 amide bonds. The average Bonchev–Trinajstić information content (AvgIpc) is 2.53. The highest BCUT2D eigenvalue weighted by atomic mass is 16.5. The predicted molar refractivity (Wildman–Crippen MR) is 88.6 cm³/mol. The molecule has 1 aromatic rings. The zero-order valence-corrected chi connectivity index (χ0v) is 13.8. The normalized spacial score (nSPS) is 18.6. The lowest BCUT2D eigenvalue weighted by Crippen LogP contribution is -2.43. The number of hydrogen-bond acceptors (Lipinski definition) is 3. The largest absolute Gasteiger partial charge is 0.377 e. The summed E-state index contributed by atoms with van der Waals surface area (Å²) >= 11 is 0. The number of benzene rings is 1. The van der Waals surface area contributed by atoms with Gasteiger partial charge >= 0.3 is 0 Å². The molecule has 1 atom stereocenters. The first-order chi connectivity index (χ1) is 10.1. The van der Waals surface area contributed by atoms with Crippen LogP contribution in [0.1, 0.15) is 44.7 Å². The van der Waals surface area contributed by atoms with E-state index in [2.05, 4.69) is 54.4 Å². The Morgan fingerprint density at radius 2 is 1.81 bits per heavy atom. The van der Waals surface area contributed by atoms with Crippen LogP contribution in [-0.2, 0) is 4.74 Å². The van der Waals surface area contributed by atoms with Gasteiger partial charge in [-0.3, -0.25) is 0 Å². The summed E-state index contributed by atoms with van der Waals surface area (Å²) in [5.74, 6) is 0. The van der Waals surface area contributed by atoms with Crippen LogP contribution in [0.2, 0.25) is 0 Å². The van der Waals surface area contributed by atoms with Crippen molar-refractivity contribution in [3.63, 3.8) is 0 Å². The molecule has 0 unspecified atom stereocenters. The fourth-order valence-corrected chi connectivity index (χ4v) is 2.81. The molecular weight excluding hydrogens is 260 g/mol. The highest BCUT2D eigenvalue weighted by Crippen LogP contribution is 2.18. The molecular formula is C18H30N2O. The van der Waals surface area contributed by atoms with Crippen LogP contribution in [0.4, 0.5) is 0 Å². The van der Waals surface area contributed by atoms with E-state index in [-0.39, 0.29) is 5.60 Å². The van der Waals surface area contributed by atoms with E-state index in [1.807, 2.05) is 0 Å². The fourth-order valence-electron chi connectivity index (χ4n) is 2.81. The number of likely N-dealkylation sites (tertiary alicyclic amines) is 1. The lowest BCUT2D eigenvalue weighted by atomic mass is 10.0. The molecule has 3 nitrogen and oxygen atoms in total. The molecule has 0 saturated carbocycles. The molecule has 1 saturated heterocycles. The van der Waals surface area contributed by atoms with Gasteiger partial charge in [0.1, 0.15) is 0 Å². The van der Waals surface area contributed by atoms with E-state index in [9.17, 15) is 0 Å². The smallest absolute Gasteiger partial charge is 0.0746 e. The summed E-state index contributed by atoms with van der Waals surface area (Å²) in [4.78, 5) is 2.59. The highest BCUT2D eigenvalue weighted by Gasteiger charge is 2.22. The van der Waals surface area contributed by atoms with Crippen LogP contribution in [0, 0.1) is 0 Å². The fraction of sp³-hybridized carbons (Fsp3) is 0.667. The molecule has 1 aliphatic rings. The summed E-state index contributed by atoms with van der Waals surface area (Å²) in [5, 5.41) is 3.71. The average molecular weight is 290 g/mol.